The first-order valence-electron chi connectivity index (χ1n) is 17.9. The van der Waals surface area contributed by atoms with Crippen LogP contribution in [0, 0.1) is 0 Å². The molecule has 0 radical (unpaired) electrons. The number of rotatable bonds is 8. The van der Waals surface area contributed by atoms with Crippen LogP contribution in [0.25, 0.3) is 66.9 Å². The zero-order chi connectivity index (χ0) is 35.4. The van der Waals surface area contributed by atoms with E-state index >= 15 is 0 Å². The topological polar surface area (TPSA) is 29.0 Å². The van der Waals surface area contributed by atoms with E-state index in [-0.39, 0.29) is 0 Å². The molecule has 0 aliphatic heterocycles. The summed E-state index contributed by atoms with van der Waals surface area (Å²) in [6.07, 6.45) is 0. The molecule has 0 fully saturated rings. The fraction of sp³-hybridized carbons (Fsp3) is 0. The third-order valence-corrected chi connectivity index (χ3v) is 9.68. The van der Waals surface area contributed by atoms with Crippen molar-refractivity contribution < 1.29 is 0 Å². The monoisotopic (exact) mass is 677 g/mol. The number of anilines is 3. The van der Waals surface area contributed by atoms with Crippen LogP contribution >= 0.6 is 0 Å². The van der Waals surface area contributed by atoms with E-state index in [0.29, 0.717) is 0 Å². The van der Waals surface area contributed by atoms with Crippen LogP contribution in [0.4, 0.5) is 17.1 Å². The van der Waals surface area contributed by atoms with Gasteiger partial charge in [0.15, 0.2) is 0 Å². The summed E-state index contributed by atoms with van der Waals surface area (Å²) in [5.41, 5.74) is 15.9. The van der Waals surface area contributed by atoms with Crippen LogP contribution in [-0.4, -0.2) is 9.97 Å². The van der Waals surface area contributed by atoms with Crippen molar-refractivity contribution in [2.45, 2.75) is 0 Å². The maximum atomic E-state index is 5.15. The molecule has 3 nitrogen and oxygen atoms in total. The fourth-order valence-corrected chi connectivity index (χ4v) is 6.96. The zero-order valence-electron chi connectivity index (χ0n) is 29.0. The number of aromatic nitrogens is 2. The SMILES string of the molecule is c1ccc(-c2ccc(-c3cccc(N(c4ccc(-c5ccccc5)cc4)c4ccc(-c5nc6ccccc6nc5-c5ccccc5)cc4)c3)cc2)cc1. The molecule has 0 aliphatic rings. The van der Waals surface area contributed by atoms with Crippen LogP contribution < -0.4 is 4.90 Å². The highest BCUT2D eigenvalue weighted by molar-refractivity contribution is 5.88. The summed E-state index contributed by atoms with van der Waals surface area (Å²) >= 11 is 0. The summed E-state index contributed by atoms with van der Waals surface area (Å²) in [6, 6.07) is 74.6. The van der Waals surface area contributed by atoms with Gasteiger partial charge < -0.3 is 4.90 Å². The maximum absolute atomic E-state index is 5.15. The quantitative estimate of drug-likeness (QED) is 0.160. The van der Waals surface area contributed by atoms with Gasteiger partial charge in [-0.3, -0.25) is 0 Å². The minimum Gasteiger partial charge on any atom is -0.310 e. The average molecular weight is 678 g/mol. The van der Waals surface area contributed by atoms with E-state index in [9.17, 15) is 0 Å². The molecule has 0 aliphatic carbocycles. The molecule has 1 aromatic heterocycles. The molecule has 9 aromatic rings. The van der Waals surface area contributed by atoms with Crippen molar-refractivity contribution in [2.24, 2.45) is 0 Å². The van der Waals surface area contributed by atoms with Gasteiger partial charge >= 0.3 is 0 Å². The van der Waals surface area contributed by atoms with E-state index in [0.717, 1.165) is 56.2 Å². The number of fused-ring (bicyclic) bond motifs is 1. The Labute approximate surface area is 310 Å². The molecule has 8 aromatic carbocycles. The fourth-order valence-electron chi connectivity index (χ4n) is 6.96. The van der Waals surface area contributed by atoms with E-state index in [1.165, 1.54) is 27.8 Å². The Hall–Kier alpha value is -7.10. The molecule has 0 N–H and O–H groups in total. The Morgan fingerprint density at radius 2 is 0.585 bits per heavy atom. The van der Waals surface area contributed by atoms with Crippen molar-refractivity contribution in [3.05, 3.63) is 212 Å². The summed E-state index contributed by atoms with van der Waals surface area (Å²) in [7, 11) is 0. The Morgan fingerprint density at radius 1 is 0.245 bits per heavy atom. The van der Waals surface area contributed by atoms with Gasteiger partial charge in [-0.05, 0) is 81.9 Å². The van der Waals surface area contributed by atoms with E-state index in [1.54, 1.807) is 0 Å². The van der Waals surface area contributed by atoms with Gasteiger partial charge in [0, 0.05) is 28.2 Å². The van der Waals surface area contributed by atoms with E-state index in [2.05, 4.69) is 175 Å². The first-order chi connectivity index (χ1) is 26.3. The summed E-state index contributed by atoms with van der Waals surface area (Å²) in [6.45, 7) is 0. The zero-order valence-corrected chi connectivity index (χ0v) is 29.0. The van der Waals surface area contributed by atoms with Crippen LogP contribution in [0.3, 0.4) is 0 Å². The number of hydrogen-bond donors (Lipinski definition) is 0. The molecule has 3 heteroatoms. The number of benzene rings is 8. The molecular weight excluding hydrogens is 643 g/mol. The van der Waals surface area contributed by atoms with Gasteiger partial charge in [0.2, 0.25) is 0 Å². The molecule has 53 heavy (non-hydrogen) atoms. The maximum Gasteiger partial charge on any atom is 0.0973 e. The van der Waals surface area contributed by atoms with Crippen LogP contribution in [0.2, 0.25) is 0 Å². The van der Waals surface area contributed by atoms with Crippen molar-refractivity contribution in [3.63, 3.8) is 0 Å². The molecule has 0 saturated carbocycles. The highest BCUT2D eigenvalue weighted by atomic mass is 15.1. The van der Waals surface area contributed by atoms with Gasteiger partial charge in [-0.15, -0.1) is 0 Å². The molecule has 250 valence electrons. The van der Waals surface area contributed by atoms with Crippen molar-refractivity contribution >= 4 is 28.1 Å². The number of nitrogens with zero attached hydrogens (tertiary/aromatic N) is 3. The van der Waals surface area contributed by atoms with Crippen molar-refractivity contribution in [1.82, 2.24) is 9.97 Å². The van der Waals surface area contributed by atoms with Gasteiger partial charge in [0.25, 0.3) is 0 Å². The van der Waals surface area contributed by atoms with Gasteiger partial charge in [-0.2, -0.15) is 0 Å². The highest BCUT2D eigenvalue weighted by Gasteiger charge is 2.17. The molecule has 0 spiro atoms. The minimum absolute atomic E-state index is 0.862. The summed E-state index contributed by atoms with van der Waals surface area (Å²) in [4.78, 5) is 12.6. The second kappa shape index (κ2) is 14.3. The second-order valence-electron chi connectivity index (χ2n) is 13.1. The Bertz CT molecular complexity index is 2620. The molecular formula is C50H35N3. The lowest BCUT2D eigenvalue weighted by Crippen LogP contribution is -2.10. The Balaban J connectivity index is 1.12. The number of para-hydroxylation sites is 2. The summed E-state index contributed by atoms with van der Waals surface area (Å²) in [5, 5.41) is 0. The van der Waals surface area contributed by atoms with E-state index in [4.69, 9.17) is 9.97 Å². The molecule has 0 bridgehead atoms. The normalized spacial score (nSPS) is 11.0. The van der Waals surface area contributed by atoms with E-state index < -0.39 is 0 Å². The molecule has 0 saturated heterocycles. The van der Waals surface area contributed by atoms with Crippen molar-refractivity contribution in [3.8, 4) is 55.9 Å². The second-order valence-corrected chi connectivity index (χ2v) is 13.1. The molecule has 0 amide bonds. The Kier molecular flexibility index (Phi) is 8.57. The van der Waals surface area contributed by atoms with Crippen LogP contribution in [0.15, 0.2) is 212 Å². The van der Waals surface area contributed by atoms with E-state index in [1.807, 2.05) is 42.5 Å². The smallest absolute Gasteiger partial charge is 0.0973 e. The number of hydrogen-bond acceptors (Lipinski definition) is 3. The lowest BCUT2D eigenvalue weighted by molar-refractivity contribution is 1.27. The third kappa shape index (κ3) is 6.60. The molecule has 1 heterocycles. The Morgan fingerprint density at radius 3 is 1.08 bits per heavy atom. The minimum atomic E-state index is 0.862. The standard InChI is InChI=1S/C50H35N3/c1-4-13-36(14-5-1)38-23-25-40(26-24-38)43-19-12-20-46(35-43)53(44-31-27-39(28-32-44)37-15-6-2-7-16-37)45-33-29-42(30-34-45)50-49(41-17-8-3-9-18-41)51-47-21-10-11-22-48(47)52-50/h1-35H. The third-order valence-electron chi connectivity index (χ3n) is 9.68. The average Bonchev–Trinajstić information content (AvgIpc) is 3.25. The highest BCUT2D eigenvalue weighted by Crippen LogP contribution is 2.39. The first kappa shape index (κ1) is 31.9. The van der Waals surface area contributed by atoms with Crippen molar-refractivity contribution in [1.29, 1.82) is 0 Å². The lowest BCUT2D eigenvalue weighted by Gasteiger charge is -2.26. The largest absolute Gasteiger partial charge is 0.310 e. The predicted octanol–water partition coefficient (Wildman–Crippen LogP) is 13.4. The van der Waals surface area contributed by atoms with Gasteiger partial charge in [-0.25, -0.2) is 9.97 Å². The lowest BCUT2D eigenvalue weighted by atomic mass is 9.99. The van der Waals surface area contributed by atoms with Gasteiger partial charge in [0.1, 0.15) is 0 Å². The summed E-state index contributed by atoms with van der Waals surface area (Å²) in [5.74, 6) is 0. The van der Waals surface area contributed by atoms with Gasteiger partial charge in [0.05, 0.1) is 22.4 Å². The van der Waals surface area contributed by atoms with Crippen molar-refractivity contribution in [2.75, 3.05) is 4.90 Å². The van der Waals surface area contributed by atoms with Crippen LogP contribution in [0.5, 0.6) is 0 Å². The molecule has 9 rings (SSSR count). The van der Waals surface area contributed by atoms with Gasteiger partial charge in [-0.1, -0.05) is 164 Å². The summed E-state index contributed by atoms with van der Waals surface area (Å²) < 4.78 is 0. The molecule has 0 atom stereocenters. The van der Waals surface area contributed by atoms with Crippen LogP contribution in [-0.2, 0) is 0 Å². The molecule has 0 unspecified atom stereocenters. The van der Waals surface area contributed by atoms with Crippen LogP contribution in [0.1, 0.15) is 0 Å². The first-order valence-corrected chi connectivity index (χ1v) is 17.9. The predicted molar refractivity (Wildman–Crippen MR) is 221 cm³/mol.